The van der Waals surface area contributed by atoms with Gasteiger partial charge in [0, 0.05) is 0 Å². The molecule has 1 fully saturated rings. The minimum Gasteiger partial charge on any atom is -0.425 e. The Morgan fingerprint density at radius 3 is 2.69 bits per heavy atom. The molecule has 1 aromatic carbocycles. The Morgan fingerprint density at radius 2 is 2.12 bits per heavy atom. The highest BCUT2D eigenvalue weighted by Crippen LogP contribution is 2.53. The second-order valence-electron chi connectivity index (χ2n) is 3.87. The first kappa shape index (κ1) is 12.0. The van der Waals surface area contributed by atoms with Gasteiger partial charge in [0.05, 0.1) is 10.9 Å². The molecule has 86 valence electrons. The van der Waals surface area contributed by atoms with Crippen molar-refractivity contribution in [3.8, 4) is 5.75 Å². The lowest BCUT2D eigenvalue weighted by Crippen LogP contribution is -2.14. The Labute approximate surface area is 108 Å². The summed E-state index contributed by atoms with van der Waals surface area (Å²) in [5.74, 6) is -0.535. The van der Waals surface area contributed by atoms with Crippen LogP contribution >= 0.6 is 34.8 Å². The number of carbonyl (C=O) groups excluding carboxylic acids is 1. The monoisotopic (exact) mass is 278 g/mol. The maximum absolute atomic E-state index is 11.6. The van der Waals surface area contributed by atoms with Gasteiger partial charge in [-0.1, -0.05) is 17.7 Å². The molecule has 2 nitrogen and oxygen atoms in total. The van der Waals surface area contributed by atoms with Gasteiger partial charge in [-0.2, -0.15) is 0 Å². The van der Waals surface area contributed by atoms with Crippen LogP contribution in [0.15, 0.2) is 18.2 Å². The zero-order chi connectivity index (χ0) is 11.9. The van der Waals surface area contributed by atoms with E-state index in [2.05, 4.69) is 0 Å². The number of halogens is 3. The number of carbonyl (C=O) groups is 1. The molecule has 1 saturated carbocycles. The number of rotatable bonds is 2. The van der Waals surface area contributed by atoms with Crippen LogP contribution in [0.25, 0.3) is 0 Å². The molecule has 1 aliphatic rings. The lowest BCUT2D eigenvalue weighted by atomic mass is 10.2. The average molecular weight is 280 g/mol. The van der Waals surface area contributed by atoms with Gasteiger partial charge < -0.3 is 4.74 Å². The number of ether oxygens (including phenoxy) is 1. The maximum Gasteiger partial charge on any atom is 0.317 e. The van der Waals surface area contributed by atoms with Crippen molar-refractivity contribution in [1.82, 2.24) is 0 Å². The van der Waals surface area contributed by atoms with E-state index in [1.165, 1.54) is 0 Å². The fourth-order valence-corrected chi connectivity index (χ4v) is 1.98. The zero-order valence-electron chi connectivity index (χ0n) is 8.47. The maximum atomic E-state index is 11.6. The molecular formula is C11H9Cl3O2. The molecule has 5 heteroatoms. The molecule has 0 radical (unpaired) electrons. The highest BCUT2D eigenvalue weighted by Gasteiger charge is 2.57. The molecule has 1 aliphatic carbocycles. The third kappa shape index (κ3) is 2.45. The van der Waals surface area contributed by atoms with Crippen molar-refractivity contribution in [3.63, 3.8) is 0 Å². The quantitative estimate of drug-likeness (QED) is 0.468. The van der Waals surface area contributed by atoms with Crippen molar-refractivity contribution >= 4 is 40.8 Å². The molecule has 1 aromatic rings. The minimum atomic E-state index is -0.965. The van der Waals surface area contributed by atoms with Crippen LogP contribution in [-0.4, -0.2) is 10.3 Å². The first-order chi connectivity index (χ1) is 7.40. The number of alkyl halides is 2. The van der Waals surface area contributed by atoms with Crippen molar-refractivity contribution in [2.45, 2.75) is 17.7 Å². The predicted octanol–water partition coefficient (Wildman–Crippen LogP) is 3.75. The molecular weight excluding hydrogens is 270 g/mol. The fraction of sp³-hybridized carbons (Fsp3) is 0.364. The van der Waals surface area contributed by atoms with Gasteiger partial charge >= 0.3 is 5.97 Å². The van der Waals surface area contributed by atoms with E-state index in [1.54, 1.807) is 12.1 Å². The largest absolute Gasteiger partial charge is 0.425 e. The Morgan fingerprint density at radius 1 is 1.50 bits per heavy atom. The molecule has 0 aromatic heterocycles. The second kappa shape index (κ2) is 4.10. The van der Waals surface area contributed by atoms with E-state index in [0.29, 0.717) is 17.2 Å². The number of hydrogen-bond donors (Lipinski definition) is 0. The number of hydrogen-bond acceptors (Lipinski definition) is 2. The van der Waals surface area contributed by atoms with Gasteiger partial charge in [0.1, 0.15) is 10.1 Å². The van der Waals surface area contributed by atoms with Crippen LogP contribution in [0.5, 0.6) is 5.75 Å². The second-order valence-corrected chi connectivity index (χ2v) is 5.82. The molecule has 0 heterocycles. The highest BCUT2D eigenvalue weighted by atomic mass is 35.5. The number of esters is 1. The van der Waals surface area contributed by atoms with Crippen LogP contribution in [0.4, 0.5) is 0 Å². The number of aryl methyl sites for hydroxylation is 1. The smallest absolute Gasteiger partial charge is 0.317 e. The topological polar surface area (TPSA) is 26.3 Å². The summed E-state index contributed by atoms with van der Waals surface area (Å²) in [6.45, 7) is 1.89. The first-order valence-corrected chi connectivity index (χ1v) is 5.89. The van der Waals surface area contributed by atoms with E-state index in [1.807, 2.05) is 13.0 Å². The minimum absolute atomic E-state index is 0.350. The summed E-state index contributed by atoms with van der Waals surface area (Å²) in [5, 5.41) is 0.398. The van der Waals surface area contributed by atoms with Gasteiger partial charge in [-0.15, -0.1) is 23.2 Å². The number of benzene rings is 1. The lowest BCUT2D eigenvalue weighted by Gasteiger charge is -2.06. The predicted molar refractivity (Wildman–Crippen MR) is 64.4 cm³/mol. The zero-order valence-corrected chi connectivity index (χ0v) is 10.7. The van der Waals surface area contributed by atoms with Crippen LogP contribution in [0.1, 0.15) is 12.0 Å². The van der Waals surface area contributed by atoms with Crippen LogP contribution in [0, 0.1) is 12.8 Å². The van der Waals surface area contributed by atoms with Crippen LogP contribution in [0.3, 0.4) is 0 Å². The molecule has 1 unspecified atom stereocenters. The van der Waals surface area contributed by atoms with Gasteiger partial charge in [-0.05, 0) is 31.0 Å². The highest BCUT2D eigenvalue weighted by molar-refractivity contribution is 6.52. The Bertz CT molecular complexity index is 443. The third-order valence-corrected chi connectivity index (χ3v) is 3.56. The average Bonchev–Trinajstić information content (AvgIpc) is 2.82. The van der Waals surface area contributed by atoms with Gasteiger partial charge in [0.25, 0.3) is 0 Å². The standard InChI is InChI=1S/C11H9Cl3O2/c1-6-2-3-8(12)9(4-6)16-10(15)7-5-11(7,13)14/h2-4,7H,5H2,1H3. The van der Waals surface area contributed by atoms with Gasteiger partial charge in [-0.25, -0.2) is 0 Å². The van der Waals surface area contributed by atoms with Gasteiger partial charge in [0.2, 0.25) is 0 Å². The molecule has 16 heavy (non-hydrogen) atoms. The molecule has 0 bridgehead atoms. The third-order valence-electron chi connectivity index (χ3n) is 2.41. The Kier molecular flexibility index (Phi) is 3.08. The molecule has 1 atom stereocenters. The van der Waals surface area contributed by atoms with Gasteiger partial charge in [-0.3, -0.25) is 4.79 Å². The first-order valence-electron chi connectivity index (χ1n) is 4.76. The summed E-state index contributed by atoms with van der Waals surface area (Å²) in [6.07, 6.45) is 0.429. The summed E-state index contributed by atoms with van der Waals surface area (Å²) in [5.41, 5.74) is 0.964. The molecule has 0 spiro atoms. The lowest BCUT2D eigenvalue weighted by molar-refractivity contribution is -0.135. The molecule has 0 N–H and O–H groups in total. The summed E-state index contributed by atoms with van der Waals surface area (Å²) in [4.78, 5) is 11.6. The van der Waals surface area contributed by atoms with E-state index in [4.69, 9.17) is 39.5 Å². The molecule has 0 amide bonds. The van der Waals surface area contributed by atoms with E-state index in [0.717, 1.165) is 5.56 Å². The summed E-state index contributed by atoms with van der Waals surface area (Å²) in [6, 6.07) is 5.22. The van der Waals surface area contributed by atoms with Crippen molar-refractivity contribution < 1.29 is 9.53 Å². The van der Waals surface area contributed by atoms with Crippen LogP contribution in [0.2, 0.25) is 5.02 Å². The van der Waals surface area contributed by atoms with E-state index >= 15 is 0 Å². The molecule has 0 saturated heterocycles. The van der Waals surface area contributed by atoms with Gasteiger partial charge in [0.15, 0.2) is 0 Å². The van der Waals surface area contributed by atoms with Crippen molar-refractivity contribution in [1.29, 1.82) is 0 Å². The van der Waals surface area contributed by atoms with Crippen molar-refractivity contribution in [3.05, 3.63) is 28.8 Å². The normalized spacial score (nSPS) is 21.6. The molecule has 2 rings (SSSR count). The van der Waals surface area contributed by atoms with E-state index in [-0.39, 0.29) is 0 Å². The van der Waals surface area contributed by atoms with Crippen molar-refractivity contribution in [2.75, 3.05) is 0 Å². The summed E-state index contributed by atoms with van der Waals surface area (Å²) in [7, 11) is 0. The molecule has 0 aliphatic heterocycles. The summed E-state index contributed by atoms with van der Waals surface area (Å²) >= 11 is 17.4. The van der Waals surface area contributed by atoms with Crippen LogP contribution in [-0.2, 0) is 4.79 Å². The van der Waals surface area contributed by atoms with Crippen LogP contribution < -0.4 is 4.74 Å². The SMILES string of the molecule is Cc1ccc(Cl)c(OC(=O)C2CC2(Cl)Cl)c1. The Balaban J connectivity index is 2.10. The van der Waals surface area contributed by atoms with E-state index in [9.17, 15) is 4.79 Å². The Hall–Kier alpha value is -0.440. The fourth-order valence-electron chi connectivity index (χ4n) is 1.34. The van der Waals surface area contributed by atoms with Crippen molar-refractivity contribution in [2.24, 2.45) is 5.92 Å². The van der Waals surface area contributed by atoms with E-state index < -0.39 is 16.2 Å². The summed E-state index contributed by atoms with van der Waals surface area (Å²) < 4.78 is 4.18.